The average Bonchev–Trinajstić information content (AvgIpc) is 2.47. The minimum Gasteiger partial charge on any atom is -0.370 e. The van der Waals surface area contributed by atoms with E-state index in [0.717, 1.165) is 18.6 Å². The van der Waals surface area contributed by atoms with E-state index in [1.807, 2.05) is 5.32 Å². The molecule has 8 heteroatoms. The van der Waals surface area contributed by atoms with E-state index in [9.17, 15) is 23.2 Å². The van der Waals surface area contributed by atoms with Crippen LogP contribution in [0.3, 0.4) is 0 Å². The van der Waals surface area contributed by atoms with Crippen LogP contribution in [-0.2, 0) is 14.4 Å². The monoisotopic (exact) mass is 335 g/mol. The molecule has 0 spiro atoms. The molecule has 0 unspecified atom stereocenters. The van der Waals surface area contributed by atoms with Crippen LogP contribution < -0.4 is 16.4 Å². The lowest BCUT2D eigenvalue weighted by Gasteiger charge is -2.41. The highest BCUT2D eigenvalue weighted by atomic mass is 19.1. The Balaban J connectivity index is 2.09. The number of anilines is 1. The van der Waals surface area contributed by atoms with Crippen LogP contribution in [0.15, 0.2) is 12.1 Å². The van der Waals surface area contributed by atoms with E-state index in [0.29, 0.717) is 12.8 Å². The third-order valence-corrected chi connectivity index (χ3v) is 3.86. The first-order valence-electron chi connectivity index (χ1n) is 7.14. The summed E-state index contributed by atoms with van der Waals surface area (Å²) < 4.78 is 27.5. The molecule has 1 saturated carbocycles. The van der Waals surface area contributed by atoms with Gasteiger partial charge in [-0.3, -0.25) is 14.4 Å². The lowest BCUT2D eigenvalue weighted by molar-refractivity contribution is -0.138. The zero-order valence-electron chi connectivity index (χ0n) is 12.6. The summed E-state index contributed by atoms with van der Waals surface area (Å²) in [6.07, 6.45) is 6.70. The fraction of sp³-hybridized carbons (Fsp3) is 0.312. The van der Waals surface area contributed by atoms with Crippen LogP contribution in [0.2, 0.25) is 0 Å². The summed E-state index contributed by atoms with van der Waals surface area (Å²) in [5.74, 6) is -3.10. The number of nitrogens with one attached hydrogen (secondary N) is 2. The van der Waals surface area contributed by atoms with Crippen LogP contribution in [0.25, 0.3) is 0 Å². The van der Waals surface area contributed by atoms with E-state index >= 15 is 0 Å². The van der Waals surface area contributed by atoms with Crippen molar-refractivity contribution in [1.82, 2.24) is 5.32 Å². The van der Waals surface area contributed by atoms with E-state index in [1.54, 1.807) is 0 Å². The van der Waals surface area contributed by atoms with Crippen molar-refractivity contribution in [2.24, 2.45) is 5.73 Å². The number of nitrogens with two attached hydrogens (primary N) is 1. The minimum absolute atomic E-state index is 0.0395. The maximum atomic E-state index is 13.8. The first-order chi connectivity index (χ1) is 11.3. The first-order valence-corrected chi connectivity index (χ1v) is 7.14. The average molecular weight is 335 g/mol. The molecule has 1 aromatic carbocycles. The van der Waals surface area contributed by atoms with Gasteiger partial charge >= 0.3 is 11.8 Å². The summed E-state index contributed by atoms with van der Waals surface area (Å²) in [7, 11) is 0. The van der Waals surface area contributed by atoms with Crippen LogP contribution in [-0.4, -0.2) is 23.3 Å². The summed E-state index contributed by atoms with van der Waals surface area (Å²) in [6, 6.07) is 1.72. The Morgan fingerprint density at radius 3 is 2.21 bits per heavy atom. The Morgan fingerprint density at radius 2 is 1.79 bits per heavy atom. The Labute approximate surface area is 136 Å². The Kier molecular flexibility index (Phi) is 4.83. The van der Waals surface area contributed by atoms with Crippen LogP contribution in [0, 0.1) is 24.0 Å². The predicted octanol–water partition coefficient (Wildman–Crippen LogP) is 0.799. The molecule has 1 aromatic rings. The first kappa shape index (κ1) is 17.4. The molecule has 2 rings (SSSR count). The molecular weight excluding hydrogens is 320 g/mol. The highest BCUT2D eigenvalue weighted by Crippen LogP contribution is 2.34. The summed E-state index contributed by atoms with van der Waals surface area (Å²) in [5, 5.41) is 4.28. The number of halogens is 2. The number of rotatable bonds is 4. The van der Waals surface area contributed by atoms with Gasteiger partial charge in [-0.2, -0.15) is 0 Å². The van der Waals surface area contributed by atoms with Gasteiger partial charge < -0.3 is 16.4 Å². The Hall–Kier alpha value is -2.95. The normalized spacial score (nSPS) is 14.9. The third-order valence-electron chi connectivity index (χ3n) is 3.86. The molecule has 0 aromatic heterocycles. The number of hydrogen-bond donors (Lipinski definition) is 3. The Morgan fingerprint density at radius 1 is 1.21 bits per heavy atom. The van der Waals surface area contributed by atoms with Crippen molar-refractivity contribution in [2.45, 2.75) is 31.2 Å². The summed E-state index contributed by atoms with van der Waals surface area (Å²) in [4.78, 5) is 34.8. The molecule has 126 valence electrons. The van der Waals surface area contributed by atoms with E-state index in [-0.39, 0.29) is 12.0 Å². The fourth-order valence-electron chi connectivity index (χ4n) is 2.53. The number of amides is 3. The molecule has 1 aliphatic rings. The molecule has 24 heavy (non-hydrogen) atoms. The fourth-order valence-corrected chi connectivity index (χ4v) is 2.53. The standard InChI is InChI=1S/C16H15F2N3O3/c1-2-9-6-10(17)13(11(18)7-9)20-14(23)15(24)21-16(4-3-5-16)8-12(19)22/h1,6-7H,3-5,8H2,(H2,19,22)(H,20,23)(H,21,24). The van der Waals surface area contributed by atoms with E-state index in [2.05, 4.69) is 11.2 Å². The van der Waals surface area contributed by atoms with Gasteiger partial charge in [0.15, 0.2) is 11.6 Å². The van der Waals surface area contributed by atoms with E-state index in [1.165, 1.54) is 0 Å². The molecule has 6 nitrogen and oxygen atoms in total. The van der Waals surface area contributed by atoms with Gasteiger partial charge in [-0.25, -0.2) is 8.78 Å². The predicted molar refractivity (Wildman–Crippen MR) is 81.5 cm³/mol. The molecular formula is C16H15F2N3O3. The second-order valence-electron chi connectivity index (χ2n) is 5.64. The summed E-state index contributed by atoms with van der Waals surface area (Å²) in [5.41, 5.74) is 3.44. The largest absolute Gasteiger partial charge is 0.370 e. The van der Waals surface area contributed by atoms with Gasteiger partial charge in [0.25, 0.3) is 0 Å². The molecule has 1 aliphatic carbocycles. The van der Waals surface area contributed by atoms with Crippen molar-refractivity contribution in [1.29, 1.82) is 0 Å². The molecule has 0 aliphatic heterocycles. The third kappa shape index (κ3) is 3.68. The van der Waals surface area contributed by atoms with Crippen LogP contribution >= 0.6 is 0 Å². The highest BCUT2D eigenvalue weighted by Gasteiger charge is 2.41. The molecule has 0 bridgehead atoms. The molecule has 0 radical (unpaired) electrons. The maximum Gasteiger partial charge on any atom is 0.313 e. The van der Waals surface area contributed by atoms with E-state index in [4.69, 9.17) is 12.2 Å². The molecule has 0 saturated heterocycles. The number of benzene rings is 1. The van der Waals surface area contributed by atoms with Gasteiger partial charge in [-0.05, 0) is 31.4 Å². The smallest absolute Gasteiger partial charge is 0.313 e. The second kappa shape index (κ2) is 6.66. The lowest BCUT2D eigenvalue weighted by Crippen LogP contribution is -2.57. The van der Waals surface area contributed by atoms with Crippen molar-refractivity contribution >= 4 is 23.4 Å². The van der Waals surface area contributed by atoms with Crippen LogP contribution in [0.4, 0.5) is 14.5 Å². The number of terminal acetylenes is 1. The second-order valence-corrected chi connectivity index (χ2v) is 5.64. The number of hydrogen-bond acceptors (Lipinski definition) is 3. The minimum atomic E-state index is -1.25. The molecule has 3 amide bonds. The summed E-state index contributed by atoms with van der Waals surface area (Å²) >= 11 is 0. The van der Waals surface area contributed by atoms with Crippen molar-refractivity contribution in [3.05, 3.63) is 29.3 Å². The number of carbonyl (C=O) groups is 3. The Bertz CT molecular complexity index is 728. The van der Waals surface area contributed by atoms with Gasteiger partial charge in [0, 0.05) is 17.5 Å². The zero-order chi connectivity index (χ0) is 17.9. The van der Waals surface area contributed by atoms with Crippen molar-refractivity contribution < 1.29 is 23.2 Å². The van der Waals surface area contributed by atoms with Crippen molar-refractivity contribution in [2.75, 3.05) is 5.32 Å². The zero-order valence-corrected chi connectivity index (χ0v) is 12.6. The highest BCUT2D eigenvalue weighted by molar-refractivity contribution is 6.39. The molecule has 0 atom stereocenters. The van der Waals surface area contributed by atoms with Gasteiger partial charge in [0.2, 0.25) is 5.91 Å². The summed E-state index contributed by atoms with van der Waals surface area (Å²) in [6.45, 7) is 0. The van der Waals surface area contributed by atoms with Gasteiger partial charge in [-0.1, -0.05) is 5.92 Å². The van der Waals surface area contributed by atoms with Crippen LogP contribution in [0.5, 0.6) is 0 Å². The van der Waals surface area contributed by atoms with Gasteiger partial charge in [-0.15, -0.1) is 6.42 Å². The topological polar surface area (TPSA) is 101 Å². The van der Waals surface area contributed by atoms with E-state index < -0.39 is 40.6 Å². The van der Waals surface area contributed by atoms with Crippen molar-refractivity contribution in [3.8, 4) is 12.3 Å². The molecule has 4 N–H and O–H groups in total. The van der Waals surface area contributed by atoms with Crippen molar-refractivity contribution in [3.63, 3.8) is 0 Å². The SMILES string of the molecule is C#Cc1cc(F)c(NC(=O)C(=O)NC2(CC(N)=O)CCC2)c(F)c1. The van der Waals surface area contributed by atoms with Crippen LogP contribution in [0.1, 0.15) is 31.2 Å². The van der Waals surface area contributed by atoms with Gasteiger partial charge in [0.1, 0.15) is 5.69 Å². The maximum absolute atomic E-state index is 13.8. The quantitative estimate of drug-likeness (QED) is 0.560. The molecule has 1 fully saturated rings. The molecule has 0 heterocycles. The van der Waals surface area contributed by atoms with Gasteiger partial charge in [0.05, 0.1) is 0 Å². The lowest BCUT2D eigenvalue weighted by atomic mass is 9.74. The number of carbonyl (C=O) groups excluding carboxylic acids is 3. The number of primary amides is 1.